The Morgan fingerprint density at radius 1 is 1.19 bits per heavy atom. The second-order valence-corrected chi connectivity index (χ2v) is 7.37. The summed E-state index contributed by atoms with van der Waals surface area (Å²) >= 11 is 0. The predicted molar refractivity (Wildman–Crippen MR) is 114 cm³/mol. The standard InChI is InChI=1S/C23H25N3O5/c1-3-25(4-2)10-11-26-20(16-6-5-9-24-13-16)19(22(28)23(26)29)21(27)15-7-8-17-18(12-15)31-14-30-17/h5-9,12-13,20,27H,3-4,10-11,14H2,1-2H3/t20-/m1/s1. The number of ketones is 1. The van der Waals surface area contributed by atoms with Crippen molar-refractivity contribution in [1.29, 1.82) is 0 Å². The van der Waals surface area contributed by atoms with Gasteiger partial charge in [-0.15, -0.1) is 0 Å². The second-order valence-electron chi connectivity index (χ2n) is 7.37. The zero-order valence-corrected chi connectivity index (χ0v) is 17.6. The van der Waals surface area contributed by atoms with Crippen LogP contribution in [0.5, 0.6) is 11.5 Å². The van der Waals surface area contributed by atoms with Crippen molar-refractivity contribution in [3.8, 4) is 11.5 Å². The lowest BCUT2D eigenvalue weighted by Crippen LogP contribution is -2.38. The number of nitrogens with zero attached hydrogens (tertiary/aromatic N) is 3. The first-order valence-corrected chi connectivity index (χ1v) is 10.4. The number of benzene rings is 1. The van der Waals surface area contributed by atoms with Crippen LogP contribution in [-0.4, -0.2) is 64.6 Å². The Morgan fingerprint density at radius 2 is 1.97 bits per heavy atom. The van der Waals surface area contributed by atoms with Crippen molar-refractivity contribution in [2.75, 3.05) is 33.0 Å². The third-order valence-electron chi connectivity index (χ3n) is 5.74. The summed E-state index contributed by atoms with van der Waals surface area (Å²) in [7, 11) is 0. The van der Waals surface area contributed by atoms with E-state index in [1.54, 1.807) is 42.7 Å². The van der Waals surface area contributed by atoms with Crippen molar-refractivity contribution in [3.05, 3.63) is 59.4 Å². The van der Waals surface area contributed by atoms with Gasteiger partial charge >= 0.3 is 0 Å². The first-order chi connectivity index (χ1) is 15.0. The molecule has 0 aliphatic carbocycles. The number of fused-ring (bicyclic) bond motifs is 1. The van der Waals surface area contributed by atoms with E-state index in [1.165, 1.54) is 4.90 Å². The SMILES string of the molecule is CCN(CC)CCN1C(=O)C(=O)C(=C(O)c2ccc3c(c2)OCO3)[C@H]1c1cccnc1. The van der Waals surface area contributed by atoms with Crippen LogP contribution in [0, 0.1) is 0 Å². The van der Waals surface area contributed by atoms with Gasteiger partial charge in [-0.2, -0.15) is 0 Å². The molecule has 162 valence electrons. The van der Waals surface area contributed by atoms with Crippen LogP contribution in [0.3, 0.4) is 0 Å². The Kier molecular flexibility index (Phi) is 5.90. The fourth-order valence-electron chi connectivity index (χ4n) is 3.98. The van der Waals surface area contributed by atoms with E-state index in [2.05, 4.69) is 23.7 Å². The van der Waals surface area contributed by atoms with Crippen LogP contribution in [0.2, 0.25) is 0 Å². The van der Waals surface area contributed by atoms with Crippen LogP contribution in [0.1, 0.15) is 31.0 Å². The smallest absolute Gasteiger partial charge is 0.295 e. The van der Waals surface area contributed by atoms with Gasteiger partial charge in [0.05, 0.1) is 11.6 Å². The van der Waals surface area contributed by atoms with Crippen LogP contribution in [-0.2, 0) is 9.59 Å². The Balaban J connectivity index is 1.77. The second kappa shape index (κ2) is 8.77. The lowest BCUT2D eigenvalue weighted by Gasteiger charge is -2.28. The number of Topliss-reactive ketones (excluding diaryl/α,β-unsaturated/α-hetero) is 1. The Bertz CT molecular complexity index is 1020. The molecule has 2 aliphatic heterocycles. The van der Waals surface area contributed by atoms with Crippen molar-refractivity contribution >= 4 is 17.4 Å². The van der Waals surface area contributed by atoms with Gasteiger partial charge in [-0.25, -0.2) is 0 Å². The normalized spacial score (nSPS) is 19.5. The summed E-state index contributed by atoms with van der Waals surface area (Å²) in [5.41, 5.74) is 1.11. The fourth-order valence-corrected chi connectivity index (χ4v) is 3.98. The van der Waals surface area contributed by atoms with Crippen molar-refractivity contribution in [2.45, 2.75) is 19.9 Å². The van der Waals surface area contributed by atoms with Crippen molar-refractivity contribution in [2.24, 2.45) is 0 Å². The van der Waals surface area contributed by atoms with Crippen molar-refractivity contribution in [1.82, 2.24) is 14.8 Å². The lowest BCUT2D eigenvalue weighted by atomic mass is 9.96. The molecule has 1 amide bonds. The minimum atomic E-state index is -0.713. The van der Waals surface area contributed by atoms with E-state index in [4.69, 9.17) is 9.47 Å². The van der Waals surface area contributed by atoms with E-state index in [-0.39, 0.29) is 18.1 Å². The molecule has 8 nitrogen and oxygen atoms in total. The molecular weight excluding hydrogens is 398 g/mol. The quantitative estimate of drug-likeness (QED) is 0.416. The highest BCUT2D eigenvalue weighted by Crippen LogP contribution is 2.41. The van der Waals surface area contributed by atoms with E-state index in [0.717, 1.165) is 13.1 Å². The molecule has 1 aromatic heterocycles. The first-order valence-electron chi connectivity index (χ1n) is 10.4. The number of ether oxygens (including phenoxy) is 2. The molecule has 2 aromatic rings. The molecule has 1 N–H and O–H groups in total. The molecular formula is C23H25N3O5. The van der Waals surface area contributed by atoms with E-state index in [0.29, 0.717) is 35.7 Å². The number of hydrogen-bond donors (Lipinski definition) is 1. The van der Waals surface area contributed by atoms with Gasteiger partial charge in [0.15, 0.2) is 11.5 Å². The number of likely N-dealkylation sites (tertiary alicyclic amines) is 1. The summed E-state index contributed by atoms with van der Waals surface area (Å²) in [6.45, 7) is 6.88. The maximum absolute atomic E-state index is 13.0. The van der Waals surface area contributed by atoms with Gasteiger partial charge in [0.25, 0.3) is 11.7 Å². The number of pyridine rings is 1. The summed E-state index contributed by atoms with van der Waals surface area (Å²) in [5, 5.41) is 11.1. The number of carbonyl (C=O) groups is 2. The molecule has 0 bridgehead atoms. The third kappa shape index (κ3) is 3.86. The van der Waals surface area contributed by atoms with E-state index in [1.807, 2.05) is 0 Å². The van der Waals surface area contributed by atoms with Crippen LogP contribution in [0.25, 0.3) is 5.76 Å². The fraction of sp³-hybridized carbons (Fsp3) is 0.348. The zero-order chi connectivity index (χ0) is 22.0. The topological polar surface area (TPSA) is 92.2 Å². The summed E-state index contributed by atoms with van der Waals surface area (Å²) < 4.78 is 10.7. The van der Waals surface area contributed by atoms with Gasteiger partial charge in [-0.3, -0.25) is 14.6 Å². The van der Waals surface area contributed by atoms with Crippen molar-refractivity contribution in [3.63, 3.8) is 0 Å². The highest BCUT2D eigenvalue weighted by Gasteiger charge is 2.46. The van der Waals surface area contributed by atoms with Gasteiger partial charge < -0.3 is 24.4 Å². The monoisotopic (exact) mass is 423 g/mol. The molecule has 0 spiro atoms. The Morgan fingerprint density at radius 3 is 2.68 bits per heavy atom. The summed E-state index contributed by atoms with van der Waals surface area (Å²) in [5.74, 6) is -0.513. The highest BCUT2D eigenvalue weighted by atomic mass is 16.7. The maximum Gasteiger partial charge on any atom is 0.295 e. The van der Waals surface area contributed by atoms with Gasteiger partial charge in [0, 0.05) is 31.0 Å². The molecule has 1 aromatic carbocycles. The van der Waals surface area contributed by atoms with Gasteiger partial charge in [0.1, 0.15) is 5.76 Å². The average molecular weight is 423 g/mol. The van der Waals surface area contributed by atoms with Gasteiger partial charge in [-0.1, -0.05) is 19.9 Å². The highest BCUT2D eigenvalue weighted by molar-refractivity contribution is 6.46. The number of aromatic nitrogens is 1. The predicted octanol–water partition coefficient (Wildman–Crippen LogP) is 2.57. The maximum atomic E-state index is 13.0. The molecule has 1 atom stereocenters. The number of rotatable bonds is 7. The summed E-state index contributed by atoms with van der Waals surface area (Å²) in [6, 6.07) is 7.77. The lowest BCUT2D eigenvalue weighted by molar-refractivity contribution is -0.140. The molecule has 8 heteroatoms. The van der Waals surface area contributed by atoms with Gasteiger partial charge in [-0.05, 0) is 42.9 Å². The van der Waals surface area contributed by atoms with E-state index < -0.39 is 17.7 Å². The molecule has 3 heterocycles. The number of likely N-dealkylation sites (N-methyl/N-ethyl adjacent to an activating group) is 1. The average Bonchev–Trinajstić information content (AvgIpc) is 3.37. The molecule has 2 aliphatic rings. The van der Waals surface area contributed by atoms with Crippen LogP contribution in [0.4, 0.5) is 0 Å². The molecule has 1 fully saturated rings. The largest absolute Gasteiger partial charge is 0.507 e. The molecule has 4 rings (SSSR count). The number of hydrogen-bond acceptors (Lipinski definition) is 7. The van der Waals surface area contributed by atoms with E-state index in [9.17, 15) is 14.7 Å². The number of amides is 1. The minimum Gasteiger partial charge on any atom is -0.507 e. The van der Waals surface area contributed by atoms with Crippen LogP contribution < -0.4 is 9.47 Å². The molecule has 0 unspecified atom stereocenters. The number of aliphatic hydroxyl groups excluding tert-OH is 1. The van der Waals surface area contributed by atoms with E-state index >= 15 is 0 Å². The summed E-state index contributed by atoms with van der Waals surface area (Å²) in [4.78, 5) is 33.8. The zero-order valence-electron chi connectivity index (χ0n) is 17.6. The molecule has 31 heavy (non-hydrogen) atoms. The molecule has 1 saturated heterocycles. The summed E-state index contributed by atoms with van der Waals surface area (Å²) in [6.07, 6.45) is 3.25. The minimum absolute atomic E-state index is 0.0522. The number of carbonyl (C=O) groups excluding carboxylic acids is 2. The van der Waals surface area contributed by atoms with Crippen molar-refractivity contribution < 1.29 is 24.2 Å². The Labute approximate surface area is 180 Å². The molecule has 0 saturated carbocycles. The third-order valence-corrected chi connectivity index (χ3v) is 5.74. The Hall–Kier alpha value is -3.39. The van der Waals surface area contributed by atoms with Gasteiger partial charge in [0.2, 0.25) is 6.79 Å². The molecule has 0 radical (unpaired) electrons. The number of aliphatic hydroxyl groups is 1. The first kappa shape index (κ1) is 20.9. The van der Waals surface area contributed by atoms with Crippen LogP contribution >= 0.6 is 0 Å². The van der Waals surface area contributed by atoms with Crippen LogP contribution in [0.15, 0.2) is 48.3 Å².